The molecular weight excluding hydrogens is 799 g/mol. The molecule has 0 amide bonds. The van der Waals surface area contributed by atoms with Crippen LogP contribution in [0.1, 0.15) is 88.6 Å². The van der Waals surface area contributed by atoms with Gasteiger partial charge in [0.15, 0.2) is 0 Å². The molecule has 2 nitrogen and oxygen atoms in total. The fourth-order valence-corrected chi connectivity index (χ4v) is 28.8. The Morgan fingerprint density at radius 2 is 0.944 bits per heavy atom. The average Bonchev–Trinajstić information content (AvgIpc) is 3.94. The summed E-state index contributed by atoms with van der Waals surface area (Å²) in [5.41, 5.74) is 19.0. The summed E-state index contributed by atoms with van der Waals surface area (Å²) in [6.45, 7) is 18.7. The number of hydrogen-bond donors (Lipinski definition) is 0. The fraction of sp³-hybridized carbons (Fsp3) is 0.250. The van der Waals surface area contributed by atoms with E-state index in [1.54, 1.807) is 0 Å². The Balaban J connectivity index is 0.00000249. The van der Waals surface area contributed by atoms with Gasteiger partial charge in [0.2, 0.25) is 0 Å². The first-order valence-electron chi connectivity index (χ1n) is 18.9. The van der Waals surface area contributed by atoms with E-state index < -0.39 is 25.8 Å². The van der Waals surface area contributed by atoms with Crippen molar-refractivity contribution in [3.05, 3.63) is 165 Å². The first-order valence-corrected chi connectivity index (χ1v) is 27.9. The summed E-state index contributed by atoms with van der Waals surface area (Å²) in [7, 11) is 0. The molecule has 2 heterocycles. The van der Waals surface area contributed by atoms with Crippen LogP contribution < -0.4 is 0 Å². The summed E-state index contributed by atoms with van der Waals surface area (Å²) in [5.74, 6) is 4.01. The van der Waals surface area contributed by atoms with E-state index in [0.29, 0.717) is 7.25 Å². The molecule has 0 fully saturated rings. The first kappa shape index (κ1) is 40.3. The topological polar surface area (TPSA) is 26.3 Å². The first-order chi connectivity index (χ1) is 25.2. The van der Waals surface area contributed by atoms with E-state index in [4.69, 9.17) is 8.83 Å². The molecule has 6 heteroatoms. The van der Waals surface area contributed by atoms with Gasteiger partial charge in [0.1, 0.15) is 0 Å². The van der Waals surface area contributed by atoms with Crippen molar-refractivity contribution in [1.29, 1.82) is 0 Å². The molecule has 0 spiro atoms. The predicted octanol–water partition coefficient (Wildman–Crippen LogP) is 14.2. The second-order valence-electron chi connectivity index (χ2n) is 14.9. The van der Waals surface area contributed by atoms with E-state index in [9.17, 15) is 0 Å². The van der Waals surface area contributed by atoms with Crippen LogP contribution in [0.4, 0.5) is 0 Å². The summed E-state index contributed by atoms with van der Waals surface area (Å²) < 4.78 is 13.9. The molecule has 8 rings (SSSR count). The monoisotopic (exact) mass is 846 g/mol. The maximum atomic E-state index is 6.61. The molecule has 2 aliphatic rings. The van der Waals surface area contributed by atoms with E-state index in [0.717, 1.165) is 35.9 Å². The van der Waals surface area contributed by atoms with E-state index >= 15 is 0 Å². The van der Waals surface area contributed by atoms with Crippen LogP contribution in [-0.4, -0.2) is 5.43 Å². The molecular formula is C48H50Cl2O2SiZr. The fourth-order valence-electron chi connectivity index (χ4n) is 9.07. The van der Waals surface area contributed by atoms with Crippen molar-refractivity contribution in [2.24, 2.45) is 0 Å². The van der Waals surface area contributed by atoms with Crippen LogP contribution in [0.25, 0.3) is 45.6 Å². The molecule has 54 heavy (non-hydrogen) atoms. The molecule has 0 saturated heterocycles. The summed E-state index contributed by atoms with van der Waals surface area (Å²) in [4.78, 5) is 0. The molecule has 0 radical (unpaired) electrons. The van der Waals surface area contributed by atoms with Crippen LogP contribution >= 0.6 is 24.8 Å². The molecule has 0 bridgehead atoms. The molecule has 6 aromatic rings. The number of aryl methyl sites for hydroxylation is 4. The van der Waals surface area contributed by atoms with E-state index in [1.165, 1.54) is 77.9 Å². The van der Waals surface area contributed by atoms with Crippen molar-refractivity contribution >= 4 is 53.5 Å². The number of hydrogen-bond acceptors (Lipinski definition) is 2. The minimum atomic E-state index is -2.68. The van der Waals surface area contributed by atoms with Crippen molar-refractivity contribution in [2.45, 2.75) is 74.7 Å². The maximum absolute atomic E-state index is 6.61. The molecule has 276 valence electrons. The van der Waals surface area contributed by atoms with Gasteiger partial charge in [0.25, 0.3) is 0 Å². The number of rotatable bonds is 8. The molecule has 4 aromatic carbocycles. The average molecular weight is 849 g/mol. The van der Waals surface area contributed by atoms with Crippen molar-refractivity contribution in [3.8, 4) is 22.3 Å². The third-order valence-electron chi connectivity index (χ3n) is 11.5. The van der Waals surface area contributed by atoms with Crippen LogP contribution in [0, 0.1) is 27.7 Å². The van der Waals surface area contributed by atoms with E-state index in [1.807, 2.05) is 0 Å². The van der Waals surface area contributed by atoms with Crippen LogP contribution in [0.5, 0.6) is 0 Å². The van der Waals surface area contributed by atoms with Gasteiger partial charge in [-0.05, 0) is 0 Å². The predicted molar refractivity (Wildman–Crippen MR) is 232 cm³/mol. The van der Waals surface area contributed by atoms with Crippen LogP contribution in [-0.2, 0) is 33.2 Å². The second-order valence-corrected chi connectivity index (χ2v) is 32.7. The summed E-state index contributed by atoms with van der Waals surface area (Å²) in [6, 6.07) is 36.1. The third-order valence-corrected chi connectivity index (χ3v) is 30.7. The quantitative estimate of drug-likeness (QED) is 0.143. The zero-order valence-corrected chi connectivity index (χ0v) is 37.7. The van der Waals surface area contributed by atoms with Gasteiger partial charge in [-0.25, -0.2) is 0 Å². The van der Waals surface area contributed by atoms with Crippen LogP contribution in [0.15, 0.2) is 106 Å². The van der Waals surface area contributed by atoms with Gasteiger partial charge < -0.3 is 0 Å². The standard InChI is InChI=1S/2C23H21O.C2H6Si.2ClH.Zr/c2*1-4-17-12-19-13-20(22-11-10-15(2)24-22)14-21(19)23(16(17)3)18-8-6-5-7-9-18;1-3-2;;;/h2*5-14H,4H2,1-3H3;1-2H3;2*1H;. The smallest absolute Gasteiger partial charge is 0.147 e. The molecule has 2 unspecified atom stereocenters. The van der Waals surface area contributed by atoms with Gasteiger partial charge in [-0.15, -0.1) is 24.8 Å². The van der Waals surface area contributed by atoms with Crippen molar-refractivity contribution < 1.29 is 29.2 Å². The minimum absolute atomic E-state index is 0. The van der Waals surface area contributed by atoms with Gasteiger partial charge in [-0.1, -0.05) is 0 Å². The normalized spacial score (nSPS) is 15.5. The molecule has 2 aromatic heterocycles. The van der Waals surface area contributed by atoms with Gasteiger partial charge >= 0.3 is 320 Å². The second kappa shape index (κ2) is 16.4. The molecule has 2 aliphatic carbocycles. The van der Waals surface area contributed by atoms with Crippen molar-refractivity contribution in [3.63, 3.8) is 0 Å². The number of benzene rings is 4. The van der Waals surface area contributed by atoms with Crippen molar-refractivity contribution in [2.75, 3.05) is 0 Å². The number of allylic oxidation sites excluding steroid dienone is 2. The Hall–Kier alpha value is -3.40. The Bertz CT molecular complexity index is 2280. The largest absolute Gasteiger partial charge is 0.147 e. The number of halogens is 2. The van der Waals surface area contributed by atoms with Gasteiger partial charge in [-0.2, -0.15) is 0 Å². The summed E-state index contributed by atoms with van der Waals surface area (Å²) >= 11 is -2.68. The Labute approximate surface area is 341 Å². The minimum Gasteiger partial charge on any atom is -0.147 e. The Morgan fingerprint density at radius 3 is 1.26 bits per heavy atom. The molecule has 2 atom stereocenters. The zero-order valence-electron chi connectivity index (χ0n) is 32.6. The third kappa shape index (κ3) is 6.87. The maximum Gasteiger partial charge on any atom is -0.147 e. The molecule has 0 aliphatic heterocycles. The van der Waals surface area contributed by atoms with Gasteiger partial charge in [-0.3, -0.25) is 0 Å². The van der Waals surface area contributed by atoms with Gasteiger partial charge in [0.05, 0.1) is 0 Å². The summed E-state index contributed by atoms with van der Waals surface area (Å²) in [5, 5.41) is 0. The summed E-state index contributed by atoms with van der Waals surface area (Å²) in [6.07, 6.45) is 7.10. The van der Waals surface area contributed by atoms with Crippen LogP contribution in [0.3, 0.4) is 0 Å². The van der Waals surface area contributed by atoms with E-state index in [2.05, 4.69) is 164 Å². The number of fused-ring (bicyclic) bond motifs is 2. The van der Waals surface area contributed by atoms with Gasteiger partial charge in [0, 0.05) is 0 Å². The molecule has 0 N–H and O–H groups in total. The van der Waals surface area contributed by atoms with Crippen molar-refractivity contribution in [1.82, 2.24) is 0 Å². The Morgan fingerprint density at radius 1 is 0.556 bits per heavy atom. The number of furan rings is 2. The SMILES string of the molecule is CCc1cc2c(c(-c3ccccc3)c1C)C=C(c1ccc(C)o1)[CH]2[Zr]([CH]1C(c2ccc(C)o2)=Cc2c1cc(CC)c(C)c2-c1ccccc1)=[Si](C)C.Cl.Cl. The molecule has 0 saturated carbocycles. The zero-order chi connectivity index (χ0) is 36.3. The van der Waals surface area contributed by atoms with Crippen LogP contribution in [0.2, 0.25) is 13.1 Å². The Kier molecular flexibility index (Phi) is 12.2. The van der Waals surface area contributed by atoms with E-state index in [-0.39, 0.29) is 24.8 Å².